The largest absolute Gasteiger partial charge is 0.478 e. The molecule has 2 aromatic carbocycles. The first-order valence-electron chi connectivity index (χ1n) is 7.80. The number of rotatable bonds is 2. The molecule has 0 saturated carbocycles. The fraction of sp³-hybridized carbons (Fsp3) is 0.211. The maximum absolute atomic E-state index is 11.1. The second-order valence-corrected chi connectivity index (χ2v) is 7.03. The molecular weight excluding hydrogens is 345 g/mol. The maximum Gasteiger partial charge on any atom is 0.335 e. The second-order valence-electron chi connectivity index (χ2n) is 6.22. The summed E-state index contributed by atoms with van der Waals surface area (Å²) >= 11 is 12.8. The molecule has 1 aliphatic carbocycles. The van der Waals surface area contributed by atoms with Gasteiger partial charge < -0.3 is 10.4 Å². The predicted octanol–water partition coefficient (Wildman–Crippen LogP) is 5.52. The molecule has 0 aromatic heterocycles. The van der Waals surface area contributed by atoms with Gasteiger partial charge in [-0.2, -0.15) is 0 Å². The summed E-state index contributed by atoms with van der Waals surface area (Å²) in [6.07, 6.45) is 5.33. The number of fused-ring (bicyclic) bond motifs is 3. The number of hydrogen-bond donors (Lipinski definition) is 2. The number of carbonyl (C=O) groups is 1. The third-order valence-electron chi connectivity index (χ3n) is 4.93. The number of nitrogens with one attached hydrogen (secondary N) is 1. The highest BCUT2D eigenvalue weighted by Gasteiger charge is 2.39. The quantitative estimate of drug-likeness (QED) is 0.694. The highest BCUT2D eigenvalue weighted by molar-refractivity contribution is 6.36. The number of benzene rings is 2. The van der Waals surface area contributed by atoms with E-state index in [0.29, 0.717) is 10.9 Å². The fourth-order valence-electron chi connectivity index (χ4n) is 3.79. The molecule has 2 aromatic rings. The van der Waals surface area contributed by atoms with Gasteiger partial charge in [0, 0.05) is 16.5 Å². The third-order valence-corrected chi connectivity index (χ3v) is 5.58. The molecule has 24 heavy (non-hydrogen) atoms. The number of halogens is 2. The number of carboxylic acid groups (broad SMARTS) is 1. The summed E-state index contributed by atoms with van der Waals surface area (Å²) in [6.45, 7) is 0. The van der Waals surface area contributed by atoms with Crippen LogP contribution < -0.4 is 5.32 Å². The van der Waals surface area contributed by atoms with Gasteiger partial charge in [-0.1, -0.05) is 47.5 Å². The highest BCUT2D eigenvalue weighted by atomic mass is 35.5. The van der Waals surface area contributed by atoms with Crippen molar-refractivity contribution in [3.05, 3.63) is 75.3 Å². The lowest BCUT2D eigenvalue weighted by Crippen LogP contribution is -2.29. The van der Waals surface area contributed by atoms with Crippen LogP contribution in [0, 0.1) is 5.92 Å². The van der Waals surface area contributed by atoms with Gasteiger partial charge in [0.2, 0.25) is 0 Å². The van der Waals surface area contributed by atoms with E-state index in [1.165, 1.54) is 0 Å². The van der Waals surface area contributed by atoms with Crippen LogP contribution in [0.3, 0.4) is 0 Å². The Labute approximate surface area is 149 Å². The van der Waals surface area contributed by atoms with Crippen molar-refractivity contribution in [3.8, 4) is 0 Å². The molecule has 122 valence electrons. The molecule has 0 saturated heterocycles. The monoisotopic (exact) mass is 359 g/mol. The van der Waals surface area contributed by atoms with Gasteiger partial charge in [0.05, 0.1) is 22.3 Å². The van der Waals surface area contributed by atoms with Crippen molar-refractivity contribution < 1.29 is 9.90 Å². The van der Waals surface area contributed by atoms with E-state index in [1.807, 2.05) is 18.2 Å². The van der Waals surface area contributed by atoms with Crippen LogP contribution in [-0.4, -0.2) is 11.1 Å². The average Bonchev–Trinajstić information content (AvgIpc) is 3.07. The Morgan fingerprint density at radius 3 is 2.50 bits per heavy atom. The Kier molecular flexibility index (Phi) is 3.78. The minimum Gasteiger partial charge on any atom is -0.478 e. The fourth-order valence-corrected chi connectivity index (χ4v) is 4.29. The van der Waals surface area contributed by atoms with Gasteiger partial charge >= 0.3 is 5.97 Å². The molecule has 1 aliphatic heterocycles. The number of hydrogen-bond acceptors (Lipinski definition) is 2. The molecule has 0 spiro atoms. The topological polar surface area (TPSA) is 49.3 Å². The summed E-state index contributed by atoms with van der Waals surface area (Å²) in [5, 5.41) is 14.0. The van der Waals surface area contributed by atoms with E-state index in [0.717, 1.165) is 28.3 Å². The van der Waals surface area contributed by atoms with Crippen molar-refractivity contribution in [1.29, 1.82) is 0 Å². The first-order valence-corrected chi connectivity index (χ1v) is 8.56. The van der Waals surface area contributed by atoms with E-state index in [4.69, 9.17) is 28.3 Å². The Hall–Kier alpha value is -1.97. The van der Waals surface area contributed by atoms with Crippen LogP contribution in [0.25, 0.3) is 0 Å². The zero-order chi connectivity index (χ0) is 16.8. The van der Waals surface area contributed by atoms with Crippen LogP contribution in [-0.2, 0) is 0 Å². The van der Waals surface area contributed by atoms with Gasteiger partial charge in [0.1, 0.15) is 0 Å². The molecule has 4 rings (SSSR count). The van der Waals surface area contributed by atoms with E-state index in [2.05, 4.69) is 17.5 Å². The number of carboxylic acids is 1. The van der Waals surface area contributed by atoms with Crippen LogP contribution in [0.2, 0.25) is 10.0 Å². The smallest absolute Gasteiger partial charge is 0.335 e. The summed E-state index contributed by atoms with van der Waals surface area (Å²) in [7, 11) is 0. The van der Waals surface area contributed by atoms with E-state index in [9.17, 15) is 4.79 Å². The molecule has 3 nitrogen and oxygen atoms in total. The van der Waals surface area contributed by atoms with Crippen molar-refractivity contribution >= 4 is 34.9 Å². The van der Waals surface area contributed by atoms with Gasteiger partial charge in [0.15, 0.2) is 0 Å². The molecule has 5 heteroatoms. The number of anilines is 1. The van der Waals surface area contributed by atoms with E-state index in [1.54, 1.807) is 18.2 Å². The molecule has 1 heterocycles. The Balaban J connectivity index is 1.78. The van der Waals surface area contributed by atoms with Crippen LogP contribution >= 0.6 is 23.2 Å². The molecule has 2 N–H and O–H groups in total. The Morgan fingerprint density at radius 1 is 1.08 bits per heavy atom. The van der Waals surface area contributed by atoms with Crippen LogP contribution in [0.4, 0.5) is 5.69 Å². The van der Waals surface area contributed by atoms with Crippen molar-refractivity contribution in [2.24, 2.45) is 5.92 Å². The van der Waals surface area contributed by atoms with Gasteiger partial charge in [-0.3, -0.25) is 0 Å². The minimum absolute atomic E-state index is 0.0660. The zero-order valence-electron chi connectivity index (χ0n) is 12.7. The zero-order valence-corrected chi connectivity index (χ0v) is 14.2. The molecule has 0 bridgehead atoms. The SMILES string of the molecule is O=C(O)c1ccc(C2Nc3c(Cl)ccc(Cl)c3C3C=CCC32)cc1. The second kappa shape index (κ2) is 5.83. The Bertz CT molecular complexity index is 845. The molecular formula is C19H15Cl2NO2. The summed E-state index contributed by atoms with van der Waals surface area (Å²) in [6, 6.07) is 10.8. The molecule has 2 aliphatic rings. The normalized spacial score (nSPS) is 24.2. The first-order chi connectivity index (χ1) is 11.6. The molecule has 3 unspecified atom stereocenters. The van der Waals surface area contributed by atoms with E-state index >= 15 is 0 Å². The standard InChI is InChI=1S/C19H15Cl2NO2/c20-14-8-9-15(21)18-16(14)12-2-1-3-13(12)17(22-18)10-4-6-11(7-5-10)19(23)24/h1-2,4-9,12-13,17,22H,3H2,(H,23,24). The summed E-state index contributed by atoms with van der Waals surface area (Å²) in [4.78, 5) is 11.1. The van der Waals surface area contributed by atoms with Gasteiger partial charge in [-0.25, -0.2) is 4.79 Å². The third kappa shape index (κ3) is 2.40. The first kappa shape index (κ1) is 15.6. The number of allylic oxidation sites excluding steroid dienone is 2. The summed E-state index contributed by atoms with van der Waals surface area (Å²) in [5.74, 6) is -0.362. The molecule has 3 atom stereocenters. The van der Waals surface area contributed by atoms with Crippen LogP contribution in [0.5, 0.6) is 0 Å². The van der Waals surface area contributed by atoms with Gasteiger partial charge in [0.25, 0.3) is 0 Å². The van der Waals surface area contributed by atoms with Crippen molar-refractivity contribution in [1.82, 2.24) is 0 Å². The van der Waals surface area contributed by atoms with E-state index < -0.39 is 5.97 Å². The molecule has 0 amide bonds. The van der Waals surface area contributed by atoms with E-state index in [-0.39, 0.29) is 17.5 Å². The van der Waals surface area contributed by atoms with Crippen LogP contribution in [0.15, 0.2) is 48.6 Å². The lowest BCUT2D eigenvalue weighted by Gasteiger charge is -2.38. The average molecular weight is 360 g/mol. The van der Waals surface area contributed by atoms with Crippen molar-refractivity contribution in [2.45, 2.75) is 18.4 Å². The predicted molar refractivity (Wildman–Crippen MR) is 96.2 cm³/mol. The van der Waals surface area contributed by atoms with Crippen molar-refractivity contribution in [2.75, 3.05) is 5.32 Å². The van der Waals surface area contributed by atoms with Gasteiger partial charge in [-0.15, -0.1) is 0 Å². The maximum atomic E-state index is 11.1. The van der Waals surface area contributed by atoms with Gasteiger partial charge in [-0.05, 0) is 42.2 Å². The minimum atomic E-state index is -0.918. The number of aromatic carboxylic acids is 1. The molecule has 0 fully saturated rings. The highest BCUT2D eigenvalue weighted by Crippen LogP contribution is 2.53. The molecule has 0 radical (unpaired) electrons. The van der Waals surface area contributed by atoms with Crippen LogP contribution in [0.1, 0.15) is 39.9 Å². The summed E-state index contributed by atoms with van der Waals surface area (Å²) in [5.41, 5.74) is 3.28. The lowest BCUT2D eigenvalue weighted by molar-refractivity contribution is 0.0697. The summed E-state index contributed by atoms with van der Waals surface area (Å²) < 4.78 is 0. The lowest BCUT2D eigenvalue weighted by atomic mass is 9.77. The Morgan fingerprint density at radius 2 is 1.79 bits per heavy atom. The van der Waals surface area contributed by atoms with Crippen molar-refractivity contribution in [3.63, 3.8) is 0 Å².